The molecule has 1 aromatic rings. The van der Waals surface area contributed by atoms with Crippen LogP contribution in [0.15, 0.2) is 24.3 Å². The van der Waals surface area contributed by atoms with Crippen LogP contribution >= 0.6 is 0 Å². The third-order valence-electron chi connectivity index (χ3n) is 3.77. The van der Waals surface area contributed by atoms with Gasteiger partial charge < -0.3 is 15.4 Å². The maximum absolute atomic E-state index is 12.1. The smallest absolute Gasteiger partial charge is 0.341 e. The van der Waals surface area contributed by atoms with Crippen LogP contribution in [-0.2, 0) is 9.53 Å². The van der Waals surface area contributed by atoms with Crippen LogP contribution in [0.2, 0.25) is 0 Å². The molecule has 0 radical (unpaired) electrons. The van der Waals surface area contributed by atoms with E-state index in [0.29, 0.717) is 11.3 Å². The molecule has 1 aliphatic carbocycles. The van der Waals surface area contributed by atoms with Gasteiger partial charge in [0.25, 0.3) is 5.91 Å². The zero-order valence-corrected chi connectivity index (χ0v) is 12.5. The van der Waals surface area contributed by atoms with Crippen LogP contribution in [-0.4, -0.2) is 31.1 Å². The van der Waals surface area contributed by atoms with Crippen LogP contribution in [0, 0.1) is 0 Å². The number of ether oxygens (including phenoxy) is 1. The van der Waals surface area contributed by atoms with Gasteiger partial charge in [0.15, 0.2) is 6.10 Å². The number of para-hydroxylation sites is 1. The molecule has 1 unspecified atom stereocenters. The van der Waals surface area contributed by atoms with E-state index in [9.17, 15) is 9.59 Å². The Kier molecular flexibility index (Phi) is 5.20. The molecule has 0 heterocycles. The number of rotatable bonds is 5. The first kappa shape index (κ1) is 15.4. The van der Waals surface area contributed by atoms with Crippen molar-refractivity contribution in [1.29, 1.82) is 0 Å². The van der Waals surface area contributed by atoms with Crippen molar-refractivity contribution in [3.63, 3.8) is 0 Å². The Hall–Kier alpha value is -2.04. The van der Waals surface area contributed by atoms with E-state index in [1.807, 2.05) is 6.07 Å². The molecule has 1 amide bonds. The lowest BCUT2D eigenvalue weighted by atomic mass is 10.2. The number of carbonyl (C=O) groups is 2. The lowest BCUT2D eigenvalue weighted by Crippen LogP contribution is -2.40. The normalized spacial score (nSPS) is 16.3. The number of anilines is 1. The summed E-state index contributed by atoms with van der Waals surface area (Å²) in [6.45, 7) is 1.60. The lowest BCUT2D eigenvalue weighted by molar-refractivity contribution is -0.129. The summed E-state index contributed by atoms with van der Waals surface area (Å²) in [6.07, 6.45) is 3.52. The van der Waals surface area contributed by atoms with Gasteiger partial charge in [-0.2, -0.15) is 0 Å². The zero-order valence-electron chi connectivity index (χ0n) is 12.5. The van der Waals surface area contributed by atoms with Crippen molar-refractivity contribution in [2.45, 2.75) is 44.8 Å². The third kappa shape index (κ3) is 3.97. The van der Waals surface area contributed by atoms with E-state index in [4.69, 9.17) is 4.74 Å². The van der Waals surface area contributed by atoms with Crippen LogP contribution in [0.1, 0.15) is 43.0 Å². The van der Waals surface area contributed by atoms with Crippen molar-refractivity contribution in [2.24, 2.45) is 0 Å². The second-order valence-electron chi connectivity index (χ2n) is 5.33. The van der Waals surface area contributed by atoms with Crippen molar-refractivity contribution in [1.82, 2.24) is 5.32 Å². The average molecular weight is 290 g/mol. The summed E-state index contributed by atoms with van der Waals surface area (Å²) in [7, 11) is 1.74. The highest BCUT2D eigenvalue weighted by molar-refractivity contribution is 5.97. The predicted molar refractivity (Wildman–Crippen MR) is 81.3 cm³/mol. The Bertz CT molecular complexity index is 510. The van der Waals surface area contributed by atoms with E-state index >= 15 is 0 Å². The second-order valence-corrected chi connectivity index (χ2v) is 5.33. The van der Waals surface area contributed by atoms with Crippen LogP contribution in [0.4, 0.5) is 5.69 Å². The number of carbonyl (C=O) groups excluding carboxylic acids is 2. The summed E-state index contributed by atoms with van der Waals surface area (Å²) < 4.78 is 5.26. The molecular weight excluding hydrogens is 268 g/mol. The molecule has 1 saturated carbocycles. The number of hydrogen-bond acceptors (Lipinski definition) is 4. The number of hydrogen-bond donors (Lipinski definition) is 2. The number of nitrogens with one attached hydrogen (secondary N) is 2. The highest BCUT2D eigenvalue weighted by Crippen LogP contribution is 2.18. The molecule has 0 saturated heterocycles. The van der Waals surface area contributed by atoms with Gasteiger partial charge in [-0.3, -0.25) is 4.79 Å². The summed E-state index contributed by atoms with van der Waals surface area (Å²) in [5.74, 6) is -0.716. The first-order chi connectivity index (χ1) is 10.1. The van der Waals surface area contributed by atoms with Crippen molar-refractivity contribution in [3.05, 3.63) is 29.8 Å². The number of benzene rings is 1. The maximum atomic E-state index is 12.1. The molecule has 0 bridgehead atoms. The van der Waals surface area contributed by atoms with Gasteiger partial charge in [0.2, 0.25) is 0 Å². The fourth-order valence-corrected chi connectivity index (χ4v) is 2.55. The highest BCUT2D eigenvalue weighted by atomic mass is 16.5. The van der Waals surface area contributed by atoms with Crippen LogP contribution in [0.3, 0.4) is 0 Å². The van der Waals surface area contributed by atoms with E-state index < -0.39 is 12.1 Å². The van der Waals surface area contributed by atoms with Crippen molar-refractivity contribution in [3.8, 4) is 0 Å². The first-order valence-electron chi connectivity index (χ1n) is 7.40. The van der Waals surface area contributed by atoms with Gasteiger partial charge >= 0.3 is 5.97 Å². The molecule has 114 valence electrons. The molecule has 0 aromatic heterocycles. The van der Waals surface area contributed by atoms with Crippen LogP contribution < -0.4 is 10.6 Å². The Morgan fingerprint density at radius 3 is 2.57 bits per heavy atom. The molecule has 1 aromatic carbocycles. The standard InChI is InChI=1S/C16H22N2O3/c1-11(15(19)18-12-7-3-4-8-12)21-16(20)13-9-5-6-10-14(13)17-2/h5-6,9-12,17H,3-4,7-8H2,1-2H3,(H,18,19). The molecule has 2 rings (SSSR count). The minimum absolute atomic E-state index is 0.225. The largest absolute Gasteiger partial charge is 0.449 e. The lowest BCUT2D eigenvalue weighted by Gasteiger charge is -2.17. The van der Waals surface area contributed by atoms with Crippen molar-refractivity contribution in [2.75, 3.05) is 12.4 Å². The highest BCUT2D eigenvalue weighted by Gasteiger charge is 2.24. The minimum Gasteiger partial charge on any atom is -0.449 e. The summed E-state index contributed by atoms with van der Waals surface area (Å²) in [4.78, 5) is 24.2. The maximum Gasteiger partial charge on any atom is 0.341 e. The minimum atomic E-state index is -0.789. The van der Waals surface area contributed by atoms with Gasteiger partial charge in [0.05, 0.1) is 5.56 Å². The monoisotopic (exact) mass is 290 g/mol. The van der Waals surface area contributed by atoms with Gasteiger partial charge in [-0.25, -0.2) is 4.79 Å². The van der Waals surface area contributed by atoms with E-state index in [0.717, 1.165) is 25.7 Å². The summed E-state index contributed by atoms with van der Waals surface area (Å²) in [5.41, 5.74) is 1.12. The van der Waals surface area contributed by atoms with Gasteiger partial charge in [-0.15, -0.1) is 0 Å². The molecule has 5 heteroatoms. The van der Waals surface area contributed by atoms with Gasteiger partial charge in [-0.05, 0) is 31.9 Å². The molecule has 21 heavy (non-hydrogen) atoms. The Morgan fingerprint density at radius 1 is 1.24 bits per heavy atom. The molecule has 1 fully saturated rings. The average Bonchev–Trinajstić information content (AvgIpc) is 2.99. The van der Waals surface area contributed by atoms with Crippen LogP contribution in [0.25, 0.3) is 0 Å². The first-order valence-corrected chi connectivity index (χ1v) is 7.40. The van der Waals surface area contributed by atoms with Gasteiger partial charge in [0, 0.05) is 18.8 Å². The Morgan fingerprint density at radius 2 is 1.90 bits per heavy atom. The molecule has 0 aliphatic heterocycles. The summed E-state index contributed by atoms with van der Waals surface area (Å²) >= 11 is 0. The van der Waals surface area contributed by atoms with Crippen molar-refractivity contribution >= 4 is 17.6 Å². The predicted octanol–water partition coefficient (Wildman–Crippen LogP) is 2.33. The fraction of sp³-hybridized carbons (Fsp3) is 0.500. The third-order valence-corrected chi connectivity index (χ3v) is 3.77. The quantitative estimate of drug-likeness (QED) is 0.817. The Labute approximate surface area is 125 Å². The van der Waals surface area contributed by atoms with E-state index in [1.54, 1.807) is 32.2 Å². The molecular formula is C16H22N2O3. The van der Waals surface area contributed by atoms with Gasteiger partial charge in [-0.1, -0.05) is 25.0 Å². The zero-order chi connectivity index (χ0) is 15.2. The van der Waals surface area contributed by atoms with Gasteiger partial charge in [0.1, 0.15) is 0 Å². The van der Waals surface area contributed by atoms with E-state index in [1.165, 1.54) is 0 Å². The summed E-state index contributed by atoms with van der Waals surface area (Å²) in [5, 5.41) is 5.87. The SMILES string of the molecule is CNc1ccccc1C(=O)OC(C)C(=O)NC1CCCC1. The molecule has 5 nitrogen and oxygen atoms in total. The topological polar surface area (TPSA) is 67.4 Å². The fourth-order valence-electron chi connectivity index (χ4n) is 2.55. The molecule has 1 atom stereocenters. The Balaban J connectivity index is 1.93. The summed E-state index contributed by atoms with van der Waals surface area (Å²) in [6, 6.07) is 7.29. The second kappa shape index (κ2) is 7.11. The van der Waals surface area contributed by atoms with E-state index in [2.05, 4.69) is 10.6 Å². The molecule has 0 spiro atoms. The molecule has 1 aliphatic rings. The molecule has 2 N–H and O–H groups in total. The number of amides is 1. The van der Waals surface area contributed by atoms with E-state index in [-0.39, 0.29) is 11.9 Å². The number of esters is 1. The van der Waals surface area contributed by atoms with Crippen molar-refractivity contribution < 1.29 is 14.3 Å². The van der Waals surface area contributed by atoms with Crippen LogP contribution in [0.5, 0.6) is 0 Å².